The van der Waals surface area contributed by atoms with Gasteiger partial charge < -0.3 is 19.7 Å². The van der Waals surface area contributed by atoms with Crippen molar-refractivity contribution in [3.63, 3.8) is 0 Å². The topological polar surface area (TPSA) is 99.7 Å². The molecule has 0 spiro atoms. The highest BCUT2D eigenvalue weighted by Gasteiger charge is 2.25. The maximum atomic E-state index is 13.1. The number of phenols is 1. The van der Waals surface area contributed by atoms with Crippen LogP contribution in [0, 0.1) is 0 Å². The quantitative estimate of drug-likeness (QED) is 0.139. The fourth-order valence-corrected chi connectivity index (χ4v) is 4.78. The van der Waals surface area contributed by atoms with Crippen molar-refractivity contribution in [2.75, 3.05) is 19.8 Å². The van der Waals surface area contributed by atoms with Crippen LogP contribution in [0.2, 0.25) is 0 Å². The fourth-order valence-electron chi connectivity index (χ4n) is 4.78. The Kier molecular flexibility index (Phi) is 15.5. The summed E-state index contributed by atoms with van der Waals surface area (Å²) in [7, 11) is 0. The van der Waals surface area contributed by atoms with Crippen LogP contribution in [0.25, 0.3) is 10.9 Å². The summed E-state index contributed by atoms with van der Waals surface area (Å²) < 4.78 is 37.0. The molecule has 0 unspecified atom stereocenters. The van der Waals surface area contributed by atoms with Gasteiger partial charge in [0.2, 0.25) is 17.8 Å². The number of alkyl halides is 3. The zero-order chi connectivity index (χ0) is 31.7. The van der Waals surface area contributed by atoms with E-state index in [0.717, 1.165) is 68.9 Å². The molecule has 0 saturated heterocycles. The van der Waals surface area contributed by atoms with Crippen molar-refractivity contribution < 1.29 is 32.6 Å². The number of rotatable bonds is 16. The number of aromatic amines is 1. The van der Waals surface area contributed by atoms with E-state index < -0.39 is 12.5 Å². The molecule has 1 aromatic heterocycles. The van der Waals surface area contributed by atoms with Gasteiger partial charge in [-0.05, 0) is 62.3 Å². The summed E-state index contributed by atoms with van der Waals surface area (Å²) in [5.41, 5.74) is 2.64. The van der Waals surface area contributed by atoms with Gasteiger partial charge in [0, 0.05) is 24.0 Å². The number of aromatic hydroxyl groups is 1. The Morgan fingerprint density at radius 3 is 2.40 bits per heavy atom. The number of ether oxygens (including phenoxy) is 1. The van der Waals surface area contributed by atoms with Crippen molar-refractivity contribution in [3.8, 4) is 5.75 Å². The van der Waals surface area contributed by atoms with Crippen LogP contribution in [0.3, 0.4) is 0 Å². The second-order valence-corrected chi connectivity index (χ2v) is 10.5. The normalized spacial score (nSPS) is 11.9. The predicted octanol–water partition coefficient (Wildman–Crippen LogP) is 6.75. The van der Waals surface area contributed by atoms with Gasteiger partial charge in [-0.15, -0.1) is 0 Å². The van der Waals surface area contributed by atoms with Crippen LogP contribution in [-0.4, -0.2) is 59.2 Å². The average Bonchev–Trinajstić information content (AvgIpc) is 2.99. The fraction of sp³-hybridized carbons (Fsp3) is 0.485. The van der Waals surface area contributed by atoms with Crippen molar-refractivity contribution in [3.05, 3.63) is 76.1 Å². The SMILES string of the molecule is CCCC[C@@H](C)N(CCCCCc1ccc(O)c2[nH]c(=O)ccc12)C(=O)CCOCCc1ccccc1.O=CC(F)(F)F. The van der Waals surface area contributed by atoms with E-state index in [4.69, 9.17) is 9.53 Å². The van der Waals surface area contributed by atoms with Gasteiger partial charge >= 0.3 is 6.18 Å². The number of benzene rings is 2. The molecule has 3 rings (SSSR count). The lowest BCUT2D eigenvalue weighted by molar-refractivity contribution is -0.156. The van der Waals surface area contributed by atoms with Crippen molar-refractivity contribution >= 4 is 23.1 Å². The zero-order valence-corrected chi connectivity index (χ0v) is 25.0. The van der Waals surface area contributed by atoms with E-state index in [1.165, 1.54) is 11.6 Å². The maximum absolute atomic E-state index is 13.1. The number of amides is 1. The first kappa shape index (κ1) is 35.5. The number of halogens is 3. The van der Waals surface area contributed by atoms with E-state index in [0.29, 0.717) is 25.2 Å². The van der Waals surface area contributed by atoms with E-state index >= 15 is 0 Å². The minimum Gasteiger partial charge on any atom is -0.506 e. The lowest BCUT2D eigenvalue weighted by atomic mass is 10.0. The molecule has 1 atom stereocenters. The number of hydrogen-bond acceptors (Lipinski definition) is 5. The molecular weight excluding hydrogens is 561 g/mol. The zero-order valence-electron chi connectivity index (χ0n) is 25.0. The van der Waals surface area contributed by atoms with Crippen molar-refractivity contribution in [2.24, 2.45) is 0 Å². The molecule has 0 radical (unpaired) electrons. The number of pyridine rings is 1. The molecular formula is C33H43F3N2O5. The predicted molar refractivity (Wildman–Crippen MR) is 162 cm³/mol. The minimum absolute atomic E-state index is 0.0933. The molecule has 1 heterocycles. The van der Waals surface area contributed by atoms with E-state index in [9.17, 15) is 27.9 Å². The van der Waals surface area contributed by atoms with Crippen LogP contribution < -0.4 is 5.56 Å². The van der Waals surface area contributed by atoms with Crippen molar-refractivity contribution in [1.82, 2.24) is 9.88 Å². The number of nitrogens with zero attached hydrogens (tertiary/aromatic N) is 1. The monoisotopic (exact) mass is 604 g/mol. The third-order valence-electron chi connectivity index (χ3n) is 7.11. The Morgan fingerprint density at radius 1 is 1.00 bits per heavy atom. The molecule has 236 valence electrons. The molecule has 2 N–H and O–H groups in total. The average molecular weight is 605 g/mol. The van der Waals surface area contributed by atoms with Crippen LogP contribution in [0.4, 0.5) is 13.2 Å². The third kappa shape index (κ3) is 13.5. The van der Waals surface area contributed by atoms with Gasteiger partial charge in [0.05, 0.1) is 25.2 Å². The van der Waals surface area contributed by atoms with Crippen LogP contribution in [0.1, 0.15) is 69.9 Å². The first-order chi connectivity index (χ1) is 20.6. The Bertz CT molecular complexity index is 1310. The molecule has 0 aliphatic heterocycles. The van der Waals surface area contributed by atoms with Crippen LogP contribution >= 0.6 is 0 Å². The Hall–Kier alpha value is -3.66. The van der Waals surface area contributed by atoms with E-state index in [-0.39, 0.29) is 23.3 Å². The number of nitrogens with one attached hydrogen (secondary N) is 1. The summed E-state index contributed by atoms with van der Waals surface area (Å²) >= 11 is 0. The number of phenolic OH excluding ortho intramolecular Hbond substituents is 1. The van der Waals surface area contributed by atoms with E-state index in [1.807, 2.05) is 24.3 Å². The van der Waals surface area contributed by atoms with Gasteiger partial charge in [-0.2, -0.15) is 13.2 Å². The summed E-state index contributed by atoms with van der Waals surface area (Å²) in [5.74, 6) is 0.271. The highest BCUT2D eigenvalue weighted by atomic mass is 19.4. The van der Waals surface area contributed by atoms with Gasteiger partial charge in [0.25, 0.3) is 0 Å². The lowest BCUT2D eigenvalue weighted by Gasteiger charge is -2.29. The summed E-state index contributed by atoms with van der Waals surface area (Å²) in [6.45, 7) is 6.19. The summed E-state index contributed by atoms with van der Waals surface area (Å²) in [6, 6.07) is 17.3. The number of fused-ring (bicyclic) bond motifs is 1. The Balaban J connectivity index is 0.000000973. The van der Waals surface area contributed by atoms with Gasteiger partial charge in [-0.25, -0.2) is 0 Å². The second kappa shape index (κ2) is 18.8. The number of aromatic nitrogens is 1. The maximum Gasteiger partial charge on any atom is 0.446 e. The van der Waals surface area contributed by atoms with Gasteiger partial charge in [0.15, 0.2) is 0 Å². The molecule has 10 heteroatoms. The largest absolute Gasteiger partial charge is 0.506 e. The van der Waals surface area contributed by atoms with E-state index in [1.54, 1.807) is 12.1 Å². The highest BCUT2D eigenvalue weighted by Crippen LogP contribution is 2.26. The van der Waals surface area contributed by atoms with Gasteiger partial charge in [-0.1, -0.05) is 62.6 Å². The molecule has 2 aromatic carbocycles. The van der Waals surface area contributed by atoms with Gasteiger partial charge in [0.1, 0.15) is 5.75 Å². The molecule has 0 aliphatic rings. The first-order valence-electron chi connectivity index (χ1n) is 14.8. The molecule has 1 amide bonds. The highest BCUT2D eigenvalue weighted by molar-refractivity contribution is 5.87. The van der Waals surface area contributed by atoms with Crippen molar-refractivity contribution in [2.45, 2.75) is 83.9 Å². The number of hydrogen-bond donors (Lipinski definition) is 2. The molecule has 0 fully saturated rings. The number of carbonyl (C=O) groups excluding carboxylic acids is 2. The van der Waals surface area contributed by atoms with Crippen LogP contribution in [-0.2, 0) is 27.2 Å². The van der Waals surface area contributed by atoms with Crippen LogP contribution in [0.5, 0.6) is 5.75 Å². The standard InChI is InChI=1S/C31H42N2O4.C2HF3O/c1-3-4-11-24(2)33(30(36)20-23-37-22-19-25-12-7-5-8-13-25)21-10-6-9-14-26-15-17-28(34)31-27(26)16-18-29(35)32-31;3-2(4,5)1-6/h5,7-8,12-13,15-18,24,34H,3-4,6,9-11,14,19-23H2,1-2H3,(H,32,35);1H/t24-;/m1./s1. The number of aldehydes is 1. The molecule has 0 saturated carbocycles. The van der Waals surface area contributed by atoms with E-state index in [2.05, 4.69) is 35.9 Å². The molecule has 0 bridgehead atoms. The minimum atomic E-state index is -4.64. The van der Waals surface area contributed by atoms with Crippen molar-refractivity contribution in [1.29, 1.82) is 0 Å². The Labute approximate surface area is 251 Å². The molecule has 43 heavy (non-hydrogen) atoms. The number of carbonyl (C=O) groups is 2. The number of aryl methyl sites for hydroxylation is 1. The smallest absolute Gasteiger partial charge is 0.446 e. The van der Waals surface area contributed by atoms with Crippen LogP contribution in [0.15, 0.2) is 59.4 Å². The molecule has 7 nitrogen and oxygen atoms in total. The lowest BCUT2D eigenvalue weighted by Crippen LogP contribution is -2.39. The summed E-state index contributed by atoms with van der Waals surface area (Å²) in [5, 5.41) is 11.0. The number of unbranched alkanes of at least 4 members (excludes halogenated alkanes) is 3. The second-order valence-electron chi connectivity index (χ2n) is 10.5. The first-order valence-corrected chi connectivity index (χ1v) is 14.8. The summed E-state index contributed by atoms with van der Waals surface area (Å²) in [4.78, 5) is 38.2. The molecule has 3 aromatic rings. The Morgan fingerprint density at radius 2 is 1.72 bits per heavy atom. The molecule has 0 aliphatic carbocycles. The summed E-state index contributed by atoms with van der Waals surface area (Å²) in [6.07, 6.45) is 2.63. The number of H-pyrrole nitrogens is 1. The van der Waals surface area contributed by atoms with Gasteiger partial charge in [-0.3, -0.25) is 14.4 Å². The third-order valence-corrected chi connectivity index (χ3v) is 7.11.